The van der Waals surface area contributed by atoms with Gasteiger partial charge in [-0.1, -0.05) is 12.1 Å². The second kappa shape index (κ2) is 5.96. The lowest BCUT2D eigenvalue weighted by molar-refractivity contribution is -0.135. The Hall–Kier alpha value is -1.70. The van der Waals surface area contributed by atoms with Gasteiger partial charge in [0, 0.05) is 12.1 Å². The molecule has 0 saturated carbocycles. The number of nitrogens with zero attached hydrogens (tertiary/aromatic N) is 1. The van der Waals surface area contributed by atoms with Gasteiger partial charge in [0.05, 0.1) is 6.07 Å². The Morgan fingerprint density at radius 1 is 1.26 bits per heavy atom. The average Bonchev–Trinajstić information content (AvgIpc) is 2.27. The lowest BCUT2D eigenvalue weighted by atomic mass is 9.96. The van der Waals surface area contributed by atoms with Crippen molar-refractivity contribution in [1.82, 2.24) is 0 Å². The number of hydrogen-bond acceptors (Lipinski definition) is 2. The van der Waals surface area contributed by atoms with Gasteiger partial charge in [-0.15, -0.1) is 0 Å². The van der Waals surface area contributed by atoms with Crippen LogP contribution in [0.5, 0.6) is 0 Å². The van der Waals surface area contributed by atoms with Crippen molar-refractivity contribution in [3.8, 4) is 6.07 Å². The largest absolute Gasteiger partial charge is 0.389 e. The number of hydrogen-bond donors (Lipinski definition) is 1. The van der Waals surface area contributed by atoms with E-state index in [9.17, 15) is 13.2 Å². The highest BCUT2D eigenvalue weighted by atomic mass is 19.4. The van der Waals surface area contributed by atoms with Gasteiger partial charge in [-0.05, 0) is 44.4 Å². The van der Waals surface area contributed by atoms with Crippen LogP contribution in [0.25, 0.3) is 0 Å². The molecule has 0 amide bonds. The molecule has 0 aliphatic heterocycles. The summed E-state index contributed by atoms with van der Waals surface area (Å²) in [4.78, 5) is 0. The van der Waals surface area contributed by atoms with Crippen molar-refractivity contribution in [2.75, 3.05) is 5.32 Å². The molecule has 1 aromatic rings. The first kappa shape index (κ1) is 15.4. The molecule has 1 rings (SSSR count). The number of nitriles is 1. The smallest absolute Gasteiger partial charge is 0.368 e. The van der Waals surface area contributed by atoms with Crippen molar-refractivity contribution in [2.24, 2.45) is 0 Å². The molecule has 104 valence electrons. The Bertz CT molecular complexity index is 462. The first-order valence-electron chi connectivity index (χ1n) is 6.07. The van der Waals surface area contributed by atoms with Crippen LogP contribution in [0.3, 0.4) is 0 Å². The average molecular weight is 270 g/mol. The minimum absolute atomic E-state index is 0.0631. The van der Waals surface area contributed by atoms with Crippen LogP contribution in [-0.4, -0.2) is 11.7 Å². The second-order valence-electron chi connectivity index (χ2n) is 4.91. The monoisotopic (exact) mass is 270 g/mol. The zero-order chi connectivity index (χ0) is 14.5. The highest BCUT2D eigenvalue weighted by Gasteiger charge is 2.30. The third kappa shape index (κ3) is 5.64. The molecule has 0 spiro atoms. The van der Waals surface area contributed by atoms with Crippen molar-refractivity contribution in [3.63, 3.8) is 0 Å². The Morgan fingerprint density at radius 2 is 1.95 bits per heavy atom. The number of benzene rings is 1. The summed E-state index contributed by atoms with van der Waals surface area (Å²) < 4.78 is 36.3. The summed E-state index contributed by atoms with van der Waals surface area (Å²) in [5, 5.41) is 12.2. The second-order valence-corrected chi connectivity index (χ2v) is 4.91. The summed E-state index contributed by atoms with van der Waals surface area (Å²) in [6.07, 6.45) is -4.94. The molecule has 0 heterocycles. The third-order valence-electron chi connectivity index (χ3n) is 2.82. The lowest BCUT2D eigenvalue weighted by Gasteiger charge is -2.25. The molecule has 0 aliphatic rings. The van der Waals surface area contributed by atoms with Crippen molar-refractivity contribution in [3.05, 3.63) is 29.8 Å². The minimum Gasteiger partial charge on any atom is -0.368 e. The molecule has 19 heavy (non-hydrogen) atoms. The summed E-state index contributed by atoms with van der Waals surface area (Å²) >= 11 is 0. The van der Waals surface area contributed by atoms with E-state index in [-0.39, 0.29) is 12.8 Å². The third-order valence-corrected chi connectivity index (χ3v) is 2.82. The van der Waals surface area contributed by atoms with E-state index in [1.165, 1.54) is 0 Å². The molecule has 0 aromatic heterocycles. The van der Waals surface area contributed by atoms with Crippen LogP contribution in [0.1, 0.15) is 31.7 Å². The van der Waals surface area contributed by atoms with Gasteiger partial charge in [0.1, 0.15) is 5.54 Å². The number of anilines is 1. The molecule has 1 unspecified atom stereocenters. The van der Waals surface area contributed by atoms with E-state index in [4.69, 9.17) is 5.26 Å². The summed E-state index contributed by atoms with van der Waals surface area (Å²) in [6.45, 7) is 3.53. The van der Waals surface area contributed by atoms with Crippen LogP contribution < -0.4 is 5.32 Å². The van der Waals surface area contributed by atoms with Gasteiger partial charge in [-0.2, -0.15) is 18.4 Å². The standard InChI is InChI=1S/C14H17F3N2/c1-11-5-3-6-12(9-11)19-13(2,10-18)7-4-8-14(15,16)17/h3,5-6,9,19H,4,7-8H2,1-2H3. The topological polar surface area (TPSA) is 35.8 Å². The van der Waals surface area contributed by atoms with Crippen LogP contribution in [0.15, 0.2) is 24.3 Å². The highest BCUT2D eigenvalue weighted by molar-refractivity contribution is 5.49. The van der Waals surface area contributed by atoms with Crippen molar-refractivity contribution < 1.29 is 13.2 Å². The number of rotatable bonds is 5. The van der Waals surface area contributed by atoms with Gasteiger partial charge < -0.3 is 5.32 Å². The molecule has 1 N–H and O–H groups in total. The Kier molecular flexibility index (Phi) is 4.82. The van der Waals surface area contributed by atoms with E-state index in [2.05, 4.69) is 11.4 Å². The summed E-state index contributed by atoms with van der Waals surface area (Å²) in [5.41, 5.74) is 0.788. The van der Waals surface area contributed by atoms with E-state index in [0.717, 1.165) is 11.3 Å². The molecule has 0 fully saturated rings. The molecule has 1 atom stereocenters. The number of aryl methyl sites for hydroxylation is 1. The molecule has 0 saturated heterocycles. The number of halogens is 3. The first-order chi connectivity index (χ1) is 8.74. The molecule has 0 bridgehead atoms. The summed E-state index contributed by atoms with van der Waals surface area (Å²) in [7, 11) is 0. The number of nitrogens with one attached hydrogen (secondary N) is 1. The van der Waals surface area contributed by atoms with E-state index in [0.29, 0.717) is 0 Å². The first-order valence-corrected chi connectivity index (χ1v) is 6.07. The van der Waals surface area contributed by atoms with Crippen LogP contribution in [0.2, 0.25) is 0 Å². The van der Waals surface area contributed by atoms with E-state index in [1.54, 1.807) is 13.0 Å². The highest BCUT2D eigenvalue weighted by Crippen LogP contribution is 2.26. The summed E-state index contributed by atoms with van der Waals surface area (Å²) in [5.74, 6) is 0. The molecular formula is C14H17F3N2. The van der Waals surface area contributed by atoms with E-state index >= 15 is 0 Å². The number of alkyl halides is 3. The Balaban J connectivity index is 2.63. The summed E-state index contributed by atoms with van der Waals surface area (Å²) in [6, 6.07) is 9.47. The predicted octanol–water partition coefficient (Wildman–Crippen LogP) is 4.42. The lowest BCUT2D eigenvalue weighted by Crippen LogP contribution is -2.33. The maximum absolute atomic E-state index is 12.1. The van der Waals surface area contributed by atoms with Crippen molar-refractivity contribution in [2.45, 2.75) is 44.8 Å². The molecular weight excluding hydrogens is 253 g/mol. The van der Waals surface area contributed by atoms with E-state index < -0.39 is 18.1 Å². The molecule has 0 aliphatic carbocycles. The SMILES string of the molecule is Cc1cccc(NC(C)(C#N)CCCC(F)(F)F)c1. The van der Waals surface area contributed by atoms with Crippen LogP contribution in [0.4, 0.5) is 18.9 Å². The van der Waals surface area contributed by atoms with E-state index in [1.807, 2.05) is 25.1 Å². The van der Waals surface area contributed by atoms with Gasteiger partial charge in [0.2, 0.25) is 0 Å². The minimum atomic E-state index is -4.17. The Morgan fingerprint density at radius 3 is 2.47 bits per heavy atom. The van der Waals surface area contributed by atoms with Gasteiger partial charge >= 0.3 is 6.18 Å². The predicted molar refractivity (Wildman–Crippen MR) is 68.7 cm³/mol. The van der Waals surface area contributed by atoms with Crippen LogP contribution in [-0.2, 0) is 0 Å². The van der Waals surface area contributed by atoms with Gasteiger partial charge in [-0.3, -0.25) is 0 Å². The molecule has 0 radical (unpaired) electrons. The fraction of sp³-hybridized carbons (Fsp3) is 0.500. The quantitative estimate of drug-likeness (QED) is 0.859. The van der Waals surface area contributed by atoms with Crippen molar-refractivity contribution >= 4 is 5.69 Å². The van der Waals surface area contributed by atoms with Gasteiger partial charge in [0.25, 0.3) is 0 Å². The zero-order valence-electron chi connectivity index (χ0n) is 11.0. The van der Waals surface area contributed by atoms with Gasteiger partial charge in [-0.25, -0.2) is 0 Å². The van der Waals surface area contributed by atoms with Crippen LogP contribution >= 0.6 is 0 Å². The van der Waals surface area contributed by atoms with Crippen LogP contribution in [0, 0.1) is 18.3 Å². The molecule has 2 nitrogen and oxygen atoms in total. The maximum Gasteiger partial charge on any atom is 0.389 e. The fourth-order valence-corrected chi connectivity index (χ4v) is 1.83. The maximum atomic E-state index is 12.1. The molecule has 5 heteroatoms. The Labute approximate surface area is 111 Å². The van der Waals surface area contributed by atoms with Gasteiger partial charge in [0.15, 0.2) is 0 Å². The zero-order valence-corrected chi connectivity index (χ0v) is 11.0. The van der Waals surface area contributed by atoms with Crippen molar-refractivity contribution in [1.29, 1.82) is 5.26 Å². The normalized spacial score (nSPS) is 14.5. The molecule has 1 aromatic carbocycles. The fourth-order valence-electron chi connectivity index (χ4n) is 1.83.